The van der Waals surface area contributed by atoms with E-state index >= 15 is 0 Å². The molecule has 1 saturated heterocycles. The van der Waals surface area contributed by atoms with Crippen molar-refractivity contribution in [2.24, 2.45) is 5.92 Å². The summed E-state index contributed by atoms with van der Waals surface area (Å²) >= 11 is 9.65. The van der Waals surface area contributed by atoms with Gasteiger partial charge in [-0.3, -0.25) is 9.88 Å². The average Bonchev–Trinajstić information content (AvgIpc) is 2.89. The second kappa shape index (κ2) is 12.2. The van der Waals surface area contributed by atoms with E-state index in [1.54, 1.807) is 0 Å². The van der Waals surface area contributed by atoms with E-state index in [1.165, 1.54) is 18.4 Å². The van der Waals surface area contributed by atoms with Crippen LogP contribution < -0.4 is 10.1 Å². The molecule has 2 unspecified atom stereocenters. The maximum atomic E-state index is 6.23. The first-order chi connectivity index (χ1) is 16.6. The Hall–Kier alpha value is -1.92. The summed E-state index contributed by atoms with van der Waals surface area (Å²) in [6, 6.07) is 23.1. The van der Waals surface area contributed by atoms with Gasteiger partial charge in [0.2, 0.25) is 0 Å². The van der Waals surface area contributed by atoms with Crippen LogP contribution in [-0.2, 0) is 0 Å². The highest BCUT2D eigenvalue weighted by atomic mass is 79.9. The smallest absolute Gasteiger partial charge is 0.120 e. The van der Waals surface area contributed by atoms with Gasteiger partial charge in [-0.2, -0.15) is 0 Å². The van der Waals surface area contributed by atoms with E-state index in [9.17, 15) is 0 Å². The molecule has 1 N–H and O–H groups in total. The number of ether oxygens (including phenoxy) is 1. The first-order valence-corrected chi connectivity index (χ1v) is 13.5. The van der Waals surface area contributed by atoms with Gasteiger partial charge in [0.15, 0.2) is 0 Å². The Bertz CT molecular complexity index is 1060. The van der Waals surface area contributed by atoms with Crippen molar-refractivity contribution >= 4 is 27.5 Å². The molecule has 0 radical (unpaired) electrons. The zero-order valence-corrected chi connectivity index (χ0v) is 22.2. The van der Waals surface area contributed by atoms with Crippen molar-refractivity contribution in [2.45, 2.75) is 31.8 Å². The molecule has 4 nitrogen and oxygen atoms in total. The highest BCUT2D eigenvalue weighted by molar-refractivity contribution is 9.09. The monoisotopic (exact) mass is 541 g/mol. The quantitative estimate of drug-likeness (QED) is 0.310. The first kappa shape index (κ1) is 25.2. The van der Waals surface area contributed by atoms with Crippen molar-refractivity contribution in [2.75, 3.05) is 32.1 Å². The SMILES string of the molecule is CC(C1CCNCC1)N(C)C(c1ccc(Cl)cc1)c1cccc(-c2cccc(OCCBr)c2)n1. The predicted octanol–water partition coefficient (Wildman–Crippen LogP) is 6.59. The number of nitrogens with zero attached hydrogens (tertiary/aromatic N) is 2. The normalized spacial score (nSPS) is 16.4. The Balaban J connectivity index is 1.68. The molecule has 0 amide bonds. The summed E-state index contributed by atoms with van der Waals surface area (Å²) in [6.07, 6.45) is 2.40. The molecule has 6 heteroatoms. The molecule has 180 valence electrons. The molecule has 0 saturated carbocycles. The van der Waals surface area contributed by atoms with Gasteiger partial charge in [0.25, 0.3) is 0 Å². The Morgan fingerprint density at radius 2 is 1.82 bits per heavy atom. The molecule has 1 fully saturated rings. The number of halogens is 2. The number of nitrogens with one attached hydrogen (secondary N) is 1. The van der Waals surface area contributed by atoms with Gasteiger partial charge < -0.3 is 10.1 Å². The first-order valence-electron chi connectivity index (χ1n) is 12.0. The number of benzene rings is 2. The van der Waals surface area contributed by atoms with Crippen molar-refractivity contribution in [1.29, 1.82) is 0 Å². The minimum atomic E-state index is 0.0370. The third kappa shape index (κ3) is 6.19. The summed E-state index contributed by atoms with van der Waals surface area (Å²) in [6.45, 7) is 5.17. The van der Waals surface area contributed by atoms with Crippen LogP contribution in [0.25, 0.3) is 11.3 Å². The second-order valence-corrected chi connectivity index (χ2v) is 10.2. The highest BCUT2D eigenvalue weighted by Gasteiger charge is 2.30. The van der Waals surface area contributed by atoms with Crippen LogP contribution in [0.3, 0.4) is 0 Å². The zero-order valence-electron chi connectivity index (χ0n) is 19.9. The Kier molecular flexibility index (Phi) is 9.01. The Labute approximate surface area is 216 Å². The minimum absolute atomic E-state index is 0.0370. The lowest BCUT2D eigenvalue weighted by Crippen LogP contribution is -2.43. The van der Waals surface area contributed by atoms with Gasteiger partial charge in [-0.25, -0.2) is 0 Å². The molecular weight excluding hydrogens is 510 g/mol. The van der Waals surface area contributed by atoms with Crippen LogP contribution in [0.2, 0.25) is 5.02 Å². The van der Waals surface area contributed by atoms with E-state index < -0.39 is 0 Å². The average molecular weight is 543 g/mol. The summed E-state index contributed by atoms with van der Waals surface area (Å²) in [5.74, 6) is 1.52. The summed E-state index contributed by atoms with van der Waals surface area (Å²) in [4.78, 5) is 7.65. The van der Waals surface area contributed by atoms with Gasteiger partial charge in [0.05, 0.1) is 24.0 Å². The third-order valence-corrected chi connectivity index (χ3v) is 7.40. The molecule has 4 rings (SSSR count). The van der Waals surface area contributed by atoms with Crippen LogP contribution in [-0.4, -0.2) is 48.0 Å². The van der Waals surface area contributed by atoms with Crippen LogP contribution in [0.1, 0.15) is 37.1 Å². The van der Waals surface area contributed by atoms with E-state index in [0.29, 0.717) is 18.6 Å². The van der Waals surface area contributed by atoms with Gasteiger partial charge >= 0.3 is 0 Å². The number of rotatable bonds is 9. The fraction of sp³-hybridized carbons (Fsp3) is 0.393. The van der Waals surface area contributed by atoms with E-state index in [1.807, 2.05) is 24.3 Å². The van der Waals surface area contributed by atoms with Crippen molar-refractivity contribution in [3.8, 4) is 17.0 Å². The lowest BCUT2D eigenvalue weighted by atomic mass is 9.88. The molecule has 3 aromatic rings. The lowest BCUT2D eigenvalue weighted by molar-refractivity contribution is 0.132. The van der Waals surface area contributed by atoms with Crippen LogP contribution in [0.15, 0.2) is 66.7 Å². The maximum absolute atomic E-state index is 6.23. The molecule has 2 aromatic carbocycles. The Morgan fingerprint density at radius 3 is 2.56 bits per heavy atom. The van der Waals surface area contributed by atoms with E-state index in [4.69, 9.17) is 21.3 Å². The number of aromatic nitrogens is 1. The van der Waals surface area contributed by atoms with Gasteiger partial charge in [-0.05, 0) is 87.8 Å². The third-order valence-electron chi connectivity index (χ3n) is 6.83. The Morgan fingerprint density at radius 1 is 1.09 bits per heavy atom. The number of hydrogen-bond acceptors (Lipinski definition) is 4. The van der Waals surface area contributed by atoms with Crippen molar-refractivity contribution in [3.63, 3.8) is 0 Å². The summed E-state index contributed by atoms with van der Waals surface area (Å²) in [5.41, 5.74) is 4.24. The van der Waals surface area contributed by atoms with Crippen LogP contribution in [0.4, 0.5) is 0 Å². The zero-order chi connectivity index (χ0) is 23.9. The molecule has 0 bridgehead atoms. The van der Waals surface area contributed by atoms with Gasteiger partial charge in [-0.15, -0.1) is 0 Å². The van der Waals surface area contributed by atoms with E-state index in [2.05, 4.69) is 82.6 Å². The maximum Gasteiger partial charge on any atom is 0.120 e. The topological polar surface area (TPSA) is 37.4 Å². The largest absolute Gasteiger partial charge is 0.493 e. The van der Waals surface area contributed by atoms with Crippen LogP contribution >= 0.6 is 27.5 Å². The molecule has 0 spiro atoms. The van der Waals surface area contributed by atoms with Crippen LogP contribution in [0.5, 0.6) is 5.75 Å². The predicted molar refractivity (Wildman–Crippen MR) is 145 cm³/mol. The molecule has 1 aliphatic rings. The molecule has 0 aliphatic carbocycles. The molecule has 34 heavy (non-hydrogen) atoms. The van der Waals surface area contributed by atoms with E-state index in [-0.39, 0.29) is 6.04 Å². The number of alkyl halides is 1. The number of hydrogen-bond donors (Lipinski definition) is 1. The molecule has 2 heterocycles. The van der Waals surface area contributed by atoms with Gasteiger partial charge in [0.1, 0.15) is 5.75 Å². The van der Waals surface area contributed by atoms with Crippen molar-refractivity contribution < 1.29 is 4.74 Å². The fourth-order valence-electron chi connectivity index (χ4n) is 4.82. The van der Waals surface area contributed by atoms with Gasteiger partial charge in [0, 0.05) is 22.0 Å². The lowest BCUT2D eigenvalue weighted by Gasteiger charge is -2.39. The fourth-order valence-corrected chi connectivity index (χ4v) is 5.11. The summed E-state index contributed by atoms with van der Waals surface area (Å²) in [7, 11) is 2.23. The van der Waals surface area contributed by atoms with Gasteiger partial charge in [-0.1, -0.05) is 57.9 Å². The number of piperidine rings is 1. The highest BCUT2D eigenvalue weighted by Crippen LogP contribution is 2.34. The molecule has 2 atom stereocenters. The van der Waals surface area contributed by atoms with Crippen LogP contribution in [0, 0.1) is 5.92 Å². The molecular formula is C28H33BrClN3O. The van der Waals surface area contributed by atoms with Crippen molar-refractivity contribution in [3.05, 3.63) is 83.0 Å². The number of pyridine rings is 1. The van der Waals surface area contributed by atoms with Crippen molar-refractivity contribution in [1.82, 2.24) is 15.2 Å². The molecule has 1 aromatic heterocycles. The molecule has 1 aliphatic heterocycles. The summed E-state index contributed by atoms with van der Waals surface area (Å²) < 4.78 is 5.81. The summed E-state index contributed by atoms with van der Waals surface area (Å²) in [5, 5.41) is 5.04. The minimum Gasteiger partial charge on any atom is -0.493 e. The second-order valence-electron chi connectivity index (χ2n) is 8.96. The standard InChI is InChI=1S/C28H33BrClN3O/c1-20(21-13-16-31-17-14-21)33(2)28(22-9-11-24(30)12-10-22)27-8-4-7-26(32-27)23-5-3-6-25(19-23)34-18-15-29/h3-12,19-21,28,31H,13-18H2,1-2H3. The van der Waals surface area contributed by atoms with E-state index in [0.717, 1.165) is 46.1 Å².